The summed E-state index contributed by atoms with van der Waals surface area (Å²) in [7, 11) is 0. The molecule has 0 radical (unpaired) electrons. The van der Waals surface area contributed by atoms with E-state index in [9.17, 15) is 9.18 Å². The first-order valence-electron chi connectivity index (χ1n) is 5.82. The maximum Gasteiger partial charge on any atom is 0.221 e. The highest BCUT2D eigenvalue weighted by atomic mass is 19.1. The number of halogens is 1. The first-order chi connectivity index (χ1) is 8.63. The molecular formula is C15H12FNO. The minimum Gasteiger partial charge on any atom is -0.369 e. The van der Waals surface area contributed by atoms with E-state index in [2.05, 4.69) is 0 Å². The average molecular weight is 241 g/mol. The Hall–Kier alpha value is -2.16. The molecule has 2 N–H and O–H groups in total. The monoisotopic (exact) mass is 241 g/mol. The van der Waals surface area contributed by atoms with E-state index in [1.807, 2.05) is 24.3 Å². The Morgan fingerprint density at radius 3 is 2.50 bits per heavy atom. The van der Waals surface area contributed by atoms with Crippen LogP contribution >= 0.6 is 0 Å². The molecule has 18 heavy (non-hydrogen) atoms. The van der Waals surface area contributed by atoms with Gasteiger partial charge in [0.05, 0.1) is 6.42 Å². The molecule has 0 saturated heterocycles. The zero-order valence-electron chi connectivity index (χ0n) is 9.74. The molecule has 0 spiro atoms. The largest absolute Gasteiger partial charge is 0.369 e. The smallest absolute Gasteiger partial charge is 0.221 e. The van der Waals surface area contributed by atoms with Crippen molar-refractivity contribution in [2.75, 3.05) is 0 Å². The van der Waals surface area contributed by atoms with Crippen molar-refractivity contribution in [3.63, 3.8) is 0 Å². The zero-order valence-corrected chi connectivity index (χ0v) is 9.74. The molecule has 1 aliphatic rings. The van der Waals surface area contributed by atoms with Crippen molar-refractivity contribution in [2.24, 2.45) is 5.73 Å². The number of amides is 1. The Bertz CT molecular complexity index is 649. The molecule has 2 aromatic carbocycles. The molecule has 3 heteroatoms. The van der Waals surface area contributed by atoms with Gasteiger partial charge in [0.25, 0.3) is 0 Å². The van der Waals surface area contributed by atoms with Crippen LogP contribution in [0.3, 0.4) is 0 Å². The van der Waals surface area contributed by atoms with Gasteiger partial charge >= 0.3 is 0 Å². The van der Waals surface area contributed by atoms with Crippen molar-refractivity contribution in [3.8, 4) is 11.1 Å². The fourth-order valence-corrected chi connectivity index (χ4v) is 2.54. The van der Waals surface area contributed by atoms with Crippen LogP contribution in [0.1, 0.15) is 16.7 Å². The van der Waals surface area contributed by atoms with Gasteiger partial charge in [-0.25, -0.2) is 4.39 Å². The molecule has 1 amide bonds. The number of fused-ring (bicyclic) bond motifs is 3. The third-order valence-corrected chi connectivity index (χ3v) is 3.29. The lowest BCUT2D eigenvalue weighted by Crippen LogP contribution is -2.13. The Balaban J connectivity index is 2.03. The summed E-state index contributed by atoms with van der Waals surface area (Å²) >= 11 is 0. The summed E-state index contributed by atoms with van der Waals surface area (Å²) in [5, 5.41) is 0. The second-order valence-electron chi connectivity index (χ2n) is 4.61. The standard InChI is InChI=1S/C15H12FNO/c16-12-2-4-14-11(8-12)7-10-5-9(6-15(17)18)1-3-13(10)14/h1-5,8H,6-7H2,(H2,17,18). The van der Waals surface area contributed by atoms with E-state index in [0.717, 1.165) is 34.2 Å². The van der Waals surface area contributed by atoms with Gasteiger partial charge in [-0.15, -0.1) is 0 Å². The summed E-state index contributed by atoms with van der Waals surface area (Å²) in [5.41, 5.74) is 10.4. The summed E-state index contributed by atoms with van der Waals surface area (Å²) in [4.78, 5) is 10.9. The first kappa shape index (κ1) is 11.0. The summed E-state index contributed by atoms with van der Waals surface area (Å²) in [6.07, 6.45) is 0.965. The Morgan fingerprint density at radius 2 is 1.78 bits per heavy atom. The van der Waals surface area contributed by atoms with Crippen LogP contribution in [0.5, 0.6) is 0 Å². The number of hydrogen-bond donors (Lipinski definition) is 1. The van der Waals surface area contributed by atoms with Crippen LogP contribution in [-0.4, -0.2) is 5.91 Å². The van der Waals surface area contributed by atoms with Crippen molar-refractivity contribution in [1.82, 2.24) is 0 Å². The highest BCUT2D eigenvalue weighted by molar-refractivity contribution is 5.79. The lowest BCUT2D eigenvalue weighted by molar-refractivity contribution is -0.117. The third-order valence-electron chi connectivity index (χ3n) is 3.29. The molecule has 0 atom stereocenters. The molecule has 0 aliphatic heterocycles. The van der Waals surface area contributed by atoms with E-state index in [4.69, 9.17) is 5.73 Å². The van der Waals surface area contributed by atoms with Crippen molar-refractivity contribution in [2.45, 2.75) is 12.8 Å². The molecule has 90 valence electrons. The van der Waals surface area contributed by atoms with Crippen LogP contribution in [-0.2, 0) is 17.6 Å². The highest BCUT2D eigenvalue weighted by Gasteiger charge is 2.19. The van der Waals surface area contributed by atoms with E-state index in [1.165, 1.54) is 6.07 Å². The van der Waals surface area contributed by atoms with Gasteiger partial charge < -0.3 is 5.73 Å². The second kappa shape index (κ2) is 3.95. The predicted molar refractivity (Wildman–Crippen MR) is 67.5 cm³/mol. The van der Waals surface area contributed by atoms with Crippen molar-refractivity contribution in [1.29, 1.82) is 0 Å². The summed E-state index contributed by atoms with van der Waals surface area (Å²) in [5.74, 6) is -0.546. The number of nitrogens with two attached hydrogens (primary N) is 1. The molecule has 0 bridgehead atoms. The minimum atomic E-state index is -0.337. The summed E-state index contributed by atoms with van der Waals surface area (Å²) in [6, 6.07) is 10.7. The van der Waals surface area contributed by atoms with Gasteiger partial charge in [-0.05, 0) is 46.4 Å². The zero-order chi connectivity index (χ0) is 12.7. The predicted octanol–water partition coefficient (Wildman–Crippen LogP) is 2.42. The van der Waals surface area contributed by atoms with E-state index in [0.29, 0.717) is 0 Å². The van der Waals surface area contributed by atoms with Gasteiger partial charge in [-0.2, -0.15) is 0 Å². The van der Waals surface area contributed by atoms with Crippen LogP contribution in [0, 0.1) is 5.82 Å². The Labute approximate surface area is 104 Å². The number of primary amides is 1. The molecule has 0 unspecified atom stereocenters. The first-order valence-corrected chi connectivity index (χ1v) is 5.82. The molecule has 0 aromatic heterocycles. The number of benzene rings is 2. The van der Waals surface area contributed by atoms with Crippen LogP contribution in [0.25, 0.3) is 11.1 Å². The van der Waals surface area contributed by atoms with Crippen molar-refractivity contribution in [3.05, 3.63) is 58.9 Å². The molecule has 2 nitrogen and oxygen atoms in total. The molecular weight excluding hydrogens is 229 g/mol. The van der Waals surface area contributed by atoms with Crippen LogP contribution < -0.4 is 5.73 Å². The van der Waals surface area contributed by atoms with Gasteiger partial charge in [-0.1, -0.05) is 24.3 Å². The Kier molecular flexibility index (Phi) is 2.40. The fraction of sp³-hybridized carbons (Fsp3) is 0.133. The third kappa shape index (κ3) is 1.78. The maximum atomic E-state index is 13.2. The van der Waals surface area contributed by atoms with Gasteiger partial charge in [0.1, 0.15) is 5.82 Å². The SMILES string of the molecule is NC(=O)Cc1ccc2c(c1)Cc1cc(F)ccc1-2. The van der Waals surface area contributed by atoms with E-state index >= 15 is 0 Å². The number of carbonyl (C=O) groups is 1. The van der Waals surface area contributed by atoms with Crippen LogP contribution in [0.15, 0.2) is 36.4 Å². The molecule has 0 heterocycles. The fourth-order valence-electron chi connectivity index (χ4n) is 2.54. The van der Waals surface area contributed by atoms with E-state index < -0.39 is 0 Å². The quantitative estimate of drug-likeness (QED) is 0.735. The normalized spacial score (nSPS) is 12.1. The van der Waals surface area contributed by atoms with Gasteiger partial charge in [0, 0.05) is 0 Å². The molecule has 0 saturated carbocycles. The van der Waals surface area contributed by atoms with Gasteiger partial charge in [0.2, 0.25) is 5.91 Å². The van der Waals surface area contributed by atoms with Gasteiger partial charge in [-0.3, -0.25) is 4.79 Å². The minimum absolute atomic E-state index is 0.209. The van der Waals surface area contributed by atoms with Gasteiger partial charge in [0.15, 0.2) is 0 Å². The summed E-state index contributed by atoms with van der Waals surface area (Å²) in [6.45, 7) is 0. The number of rotatable bonds is 2. The number of hydrogen-bond acceptors (Lipinski definition) is 1. The van der Waals surface area contributed by atoms with Crippen molar-refractivity contribution < 1.29 is 9.18 Å². The van der Waals surface area contributed by atoms with E-state index in [1.54, 1.807) is 6.07 Å². The van der Waals surface area contributed by atoms with Crippen LogP contribution in [0.4, 0.5) is 4.39 Å². The summed E-state index contributed by atoms with van der Waals surface area (Å²) < 4.78 is 13.2. The second-order valence-corrected chi connectivity index (χ2v) is 4.61. The molecule has 3 rings (SSSR count). The lowest BCUT2D eigenvalue weighted by Gasteiger charge is -2.03. The highest BCUT2D eigenvalue weighted by Crippen LogP contribution is 2.37. The van der Waals surface area contributed by atoms with E-state index in [-0.39, 0.29) is 18.1 Å². The number of carbonyl (C=O) groups excluding carboxylic acids is 1. The average Bonchev–Trinajstić information content (AvgIpc) is 2.64. The van der Waals surface area contributed by atoms with Crippen molar-refractivity contribution >= 4 is 5.91 Å². The molecule has 0 fully saturated rings. The Morgan fingerprint density at radius 1 is 1.11 bits per heavy atom. The maximum absolute atomic E-state index is 13.2. The lowest BCUT2D eigenvalue weighted by atomic mass is 10.0. The molecule has 1 aliphatic carbocycles. The molecule has 2 aromatic rings. The topological polar surface area (TPSA) is 43.1 Å². The van der Waals surface area contributed by atoms with Crippen LogP contribution in [0.2, 0.25) is 0 Å².